The van der Waals surface area contributed by atoms with E-state index in [4.69, 9.17) is 14.6 Å². The highest BCUT2D eigenvalue weighted by molar-refractivity contribution is 6.10. The van der Waals surface area contributed by atoms with E-state index in [-0.39, 0.29) is 29.0 Å². The zero-order valence-electron chi connectivity index (χ0n) is 22.7. The Bertz CT molecular complexity index is 1460. The van der Waals surface area contributed by atoms with E-state index >= 15 is 0 Å². The molecular weight excluding hydrogens is 494 g/mol. The summed E-state index contributed by atoms with van der Waals surface area (Å²) in [4.78, 5) is 40.5. The van der Waals surface area contributed by atoms with Crippen LogP contribution in [0.25, 0.3) is 5.69 Å². The number of nitrogens with zero attached hydrogens (tertiary/aromatic N) is 3. The van der Waals surface area contributed by atoms with Crippen LogP contribution in [0.5, 0.6) is 5.75 Å². The van der Waals surface area contributed by atoms with Gasteiger partial charge in [0.1, 0.15) is 17.7 Å². The van der Waals surface area contributed by atoms with Crippen molar-refractivity contribution >= 4 is 23.9 Å². The van der Waals surface area contributed by atoms with Crippen molar-refractivity contribution in [1.82, 2.24) is 9.78 Å². The van der Waals surface area contributed by atoms with Gasteiger partial charge in [0.2, 0.25) is 0 Å². The van der Waals surface area contributed by atoms with Gasteiger partial charge in [0, 0.05) is 29.6 Å². The minimum absolute atomic E-state index is 0.198. The number of rotatable bonds is 6. The molecule has 202 valence electrons. The second kappa shape index (κ2) is 9.36. The van der Waals surface area contributed by atoms with Gasteiger partial charge in [-0.15, -0.1) is 0 Å². The molecule has 2 fully saturated rings. The van der Waals surface area contributed by atoms with Gasteiger partial charge in [-0.25, -0.2) is 9.48 Å². The molecule has 39 heavy (non-hydrogen) atoms. The minimum Gasteiger partial charge on any atom is -0.493 e. The molecule has 8 nitrogen and oxygen atoms in total. The Morgan fingerprint density at radius 2 is 1.79 bits per heavy atom. The Hall–Kier alpha value is -3.94. The molecule has 2 aliphatic heterocycles. The lowest BCUT2D eigenvalue weighted by Gasteiger charge is -2.33. The molecular formula is C31H33N3O5. The van der Waals surface area contributed by atoms with Crippen LogP contribution < -0.4 is 9.64 Å². The molecule has 3 aromatic rings. The summed E-state index contributed by atoms with van der Waals surface area (Å²) in [6.45, 7) is 7.11. The molecule has 0 radical (unpaired) electrons. The van der Waals surface area contributed by atoms with E-state index in [1.165, 1.54) is 0 Å². The molecule has 1 spiro atoms. The van der Waals surface area contributed by atoms with E-state index in [1.807, 2.05) is 56.3 Å². The lowest BCUT2D eigenvalue weighted by Crippen LogP contribution is -2.44. The van der Waals surface area contributed by atoms with Crippen molar-refractivity contribution in [3.8, 4) is 11.4 Å². The lowest BCUT2D eigenvalue weighted by atomic mass is 9.88. The normalized spacial score (nSPS) is 18.8. The van der Waals surface area contributed by atoms with Gasteiger partial charge in [0.25, 0.3) is 5.91 Å². The number of fused-ring (bicyclic) bond motifs is 3. The van der Waals surface area contributed by atoms with Crippen LogP contribution in [0.2, 0.25) is 0 Å². The molecule has 2 aliphatic carbocycles. The van der Waals surface area contributed by atoms with Crippen molar-refractivity contribution in [3.05, 3.63) is 70.5 Å². The number of anilines is 1. The topological polar surface area (TPSA) is 90.7 Å². The van der Waals surface area contributed by atoms with Gasteiger partial charge < -0.3 is 19.2 Å². The van der Waals surface area contributed by atoms with Crippen LogP contribution >= 0.6 is 0 Å². The number of carbonyl (C=O) groups is 3. The predicted octanol–water partition coefficient (Wildman–Crippen LogP) is 4.93. The number of amides is 1. The molecule has 2 aromatic carbocycles. The Kier molecular flexibility index (Phi) is 6.08. The molecule has 0 unspecified atom stereocenters. The molecule has 2 saturated carbocycles. The van der Waals surface area contributed by atoms with Gasteiger partial charge >= 0.3 is 5.97 Å². The smallest absolute Gasteiger partial charge is 0.359 e. The van der Waals surface area contributed by atoms with Crippen LogP contribution in [0, 0.1) is 0 Å². The van der Waals surface area contributed by atoms with Gasteiger partial charge in [-0.2, -0.15) is 5.10 Å². The van der Waals surface area contributed by atoms with Crippen LogP contribution in [0.4, 0.5) is 5.69 Å². The lowest BCUT2D eigenvalue weighted by molar-refractivity contribution is -0.109. The summed E-state index contributed by atoms with van der Waals surface area (Å²) < 4.78 is 12.6. The molecule has 0 bridgehead atoms. The Labute approximate surface area is 227 Å². The van der Waals surface area contributed by atoms with E-state index < -0.39 is 5.97 Å². The van der Waals surface area contributed by atoms with E-state index in [0.717, 1.165) is 66.6 Å². The second-order valence-corrected chi connectivity index (χ2v) is 10.6. The molecule has 4 aliphatic rings. The first-order chi connectivity index (χ1) is 19.0. The number of hydrogen-bond acceptors (Lipinski definition) is 6. The zero-order chi connectivity index (χ0) is 27.4. The fourth-order valence-corrected chi connectivity index (χ4v) is 5.88. The standard InChI is InChI=1S/C29H27N3O5.C2H6/c1-2-36-27(35)24-23-25(32(30-24)21-7-8-22-18(15-21)9-14-37-22)26(34)31(16-28(23)10-11-28)20-5-3-19(4-6-20)29(17-33)12-13-29;1-2/h3-8,15,17H,2,9-14,16H2,1H3;1-2H3. The van der Waals surface area contributed by atoms with Gasteiger partial charge in [0.15, 0.2) is 5.69 Å². The minimum atomic E-state index is -0.498. The number of esters is 1. The maximum absolute atomic E-state index is 14.1. The summed E-state index contributed by atoms with van der Waals surface area (Å²) in [5, 5.41) is 4.70. The van der Waals surface area contributed by atoms with Crippen molar-refractivity contribution in [2.45, 2.75) is 63.7 Å². The molecule has 8 heteroatoms. The number of benzene rings is 2. The predicted molar refractivity (Wildman–Crippen MR) is 146 cm³/mol. The highest BCUT2D eigenvalue weighted by Crippen LogP contribution is 2.55. The van der Waals surface area contributed by atoms with Gasteiger partial charge in [0.05, 0.1) is 24.3 Å². The van der Waals surface area contributed by atoms with E-state index in [0.29, 0.717) is 24.4 Å². The molecule has 1 amide bonds. The first kappa shape index (κ1) is 25.3. The highest BCUT2D eigenvalue weighted by atomic mass is 16.5. The van der Waals surface area contributed by atoms with Crippen LogP contribution in [-0.2, 0) is 26.8 Å². The third kappa shape index (κ3) is 3.96. The monoisotopic (exact) mass is 527 g/mol. The largest absolute Gasteiger partial charge is 0.493 e. The summed E-state index contributed by atoms with van der Waals surface area (Å²) in [7, 11) is 0. The number of ether oxygens (including phenoxy) is 2. The Morgan fingerprint density at radius 1 is 1.08 bits per heavy atom. The van der Waals surface area contributed by atoms with E-state index in [1.54, 1.807) is 16.5 Å². The summed E-state index contributed by atoms with van der Waals surface area (Å²) in [5.41, 5.74) is 4.21. The van der Waals surface area contributed by atoms with Gasteiger partial charge in [-0.05, 0) is 74.1 Å². The Morgan fingerprint density at radius 3 is 2.44 bits per heavy atom. The molecule has 0 N–H and O–H groups in total. The fraction of sp³-hybridized carbons (Fsp3) is 0.419. The fourth-order valence-electron chi connectivity index (χ4n) is 5.88. The quantitative estimate of drug-likeness (QED) is 0.333. The van der Waals surface area contributed by atoms with Crippen molar-refractivity contribution in [1.29, 1.82) is 0 Å². The summed E-state index contributed by atoms with van der Waals surface area (Å²) in [6, 6.07) is 13.5. The number of aldehydes is 1. The zero-order valence-corrected chi connectivity index (χ0v) is 22.7. The third-order valence-corrected chi connectivity index (χ3v) is 8.33. The van der Waals surface area contributed by atoms with E-state index in [2.05, 4.69) is 0 Å². The number of hydrogen-bond donors (Lipinski definition) is 0. The first-order valence-electron chi connectivity index (χ1n) is 13.9. The highest BCUT2D eigenvalue weighted by Gasteiger charge is 2.56. The molecule has 0 saturated heterocycles. The molecule has 3 heterocycles. The van der Waals surface area contributed by atoms with Crippen LogP contribution in [0.15, 0.2) is 42.5 Å². The second-order valence-electron chi connectivity index (χ2n) is 10.6. The van der Waals surface area contributed by atoms with Gasteiger partial charge in [-0.3, -0.25) is 4.79 Å². The SMILES string of the molecule is CC.CCOC(=O)c1nn(-c2ccc3c(c2)CCO3)c2c1C1(CC1)CN(c1ccc(C3(C=O)CC3)cc1)C2=O. The van der Waals surface area contributed by atoms with Crippen molar-refractivity contribution in [2.75, 3.05) is 24.7 Å². The van der Waals surface area contributed by atoms with Crippen LogP contribution in [0.1, 0.15) is 84.1 Å². The Balaban J connectivity index is 0.00000135. The molecule has 7 rings (SSSR count). The molecule has 1 aromatic heterocycles. The third-order valence-electron chi connectivity index (χ3n) is 8.33. The van der Waals surface area contributed by atoms with Crippen LogP contribution in [-0.4, -0.2) is 47.7 Å². The first-order valence-corrected chi connectivity index (χ1v) is 13.9. The average Bonchev–Trinajstić information content (AvgIpc) is 3.84. The summed E-state index contributed by atoms with van der Waals surface area (Å²) in [6.07, 6.45) is 5.30. The number of aromatic nitrogens is 2. The maximum atomic E-state index is 14.1. The summed E-state index contributed by atoms with van der Waals surface area (Å²) >= 11 is 0. The van der Waals surface area contributed by atoms with Crippen LogP contribution in [0.3, 0.4) is 0 Å². The average molecular weight is 528 g/mol. The summed E-state index contributed by atoms with van der Waals surface area (Å²) in [5.74, 6) is 0.143. The van der Waals surface area contributed by atoms with Gasteiger partial charge in [-0.1, -0.05) is 26.0 Å². The van der Waals surface area contributed by atoms with Crippen molar-refractivity contribution < 1.29 is 23.9 Å². The van der Waals surface area contributed by atoms with Crippen molar-refractivity contribution in [2.24, 2.45) is 0 Å². The van der Waals surface area contributed by atoms with Crippen molar-refractivity contribution in [3.63, 3.8) is 0 Å². The maximum Gasteiger partial charge on any atom is 0.359 e. The number of carbonyl (C=O) groups excluding carboxylic acids is 3. The molecule has 0 atom stereocenters. The van der Waals surface area contributed by atoms with E-state index in [9.17, 15) is 14.4 Å².